The van der Waals surface area contributed by atoms with Crippen molar-refractivity contribution in [3.8, 4) is 10.6 Å². The number of hydrogen-bond acceptors (Lipinski definition) is 4. The number of aryl methyl sites for hydroxylation is 2. The van der Waals surface area contributed by atoms with E-state index in [0.29, 0.717) is 14.3 Å². The maximum atomic E-state index is 13.3. The molecule has 2 aromatic heterocycles. The molecule has 3 nitrogen and oxygen atoms in total. The molecule has 2 heterocycles. The Kier molecular flexibility index (Phi) is 4.79. The number of carbonyl (C=O) groups is 1. The van der Waals surface area contributed by atoms with Crippen LogP contribution >= 0.6 is 45.3 Å². The van der Waals surface area contributed by atoms with Crippen molar-refractivity contribution >= 4 is 56.3 Å². The molecule has 0 atom stereocenters. The van der Waals surface area contributed by atoms with E-state index in [4.69, 9.17) is 0 Å². The SMILES string of the molecule is Cc1ccc(-c2nc(NC(=O)c3cc(F)ccc3I)sc2C)s1. The van der Waals surface area contributed by atoms with Crippen LogP contribution in [0.1, 0.15) is 20.1 Å². The number of nitrogens with zero attached hydrogens (tertiary/aromatic N) is 1. The van der Waals surface area contributed by atoms with Gasteiger partial charge in [-0.1, -0.05) is 0 Å². The highest BCUT2D eigenvalue weighted by Crippen LogP contribution is 2.34. The predicted octanol–water partition coefficient (Wildman–Crippen LogP) is 5.48. The number of benzene rings is 1. The van der Waals surface area contributed by atoms with Gasteiger partial charge >= 0.3 is 0 Å². The van der Waals surface area contributed by atoms with Crippen LogP contribution in [0, 0.1) is 23.2 Å². The summed E-state index contributed by atoms with van der Waals surface area (Å²) in [6.45, 7) is 4.02. The molecule has 118 valence electrons. The Labute approximate surface area is 154 Å². The van der Waals surface area contributed by atoms with E-state index in [1.807, 2.05) is 48.6 Å². The lowest BCUT2D eigenvalue weighted by molar-refractivity contribution is 0.102. The molecule has 1 amide bonds. The van der Waals surface area contributed by atoms with Crippen LogP contribution in [0.2, 0.25) is 0 Å². The van der Waals surface area contributed by atoms with Crippen molar-refractivity contribution in [1.29, 1.82) is 0 Å². The van der Waals surface area contributed by atoms with Gasteiger partial charge in [0, 0.05) is 13.3 Å². The molecule has 7 heteroatoms. The van der Waals surface area contributed by atoms with Crippen molar-refractivity contribution in [3.63, 3.8) is 0 Å². The van der Waals surface area contributed by atoms with Crippen LogP contribution in [-0.4, -0.2) is 10.9 Å². The first-order valence-corrected chi connectivity index (χ1v) is 9.46. The Bertz CT molecular complexity index is 888. The highest BCUT2D eigenvalue weighted by molar-refractivity contribution is 14.1. The van der Waals surface area contributed by atoms with Gasteiger partial charge < -0.3 is 0 Å². The summed E-state index contributed by atoms with van der Waals surface area (Å²) in [7, 11) is 0. The van der Waals surface area contributed by atoms with Gasteiger partial charge in [0.25, 0.3) is 5.91 Å². The van der Waals surface area contributed by atoms with Crippen molar-refractivity contribution in [2.45, 2.75) is 13.8 Å². The van der Waals surface area contributed by atoms with Crippen molar-refractivity contribution in [3.05, 3.63) is 55.0 Å². The van der Waals surface area contributed by atoms with Crippen LogP contribution in [0.3, 0.4) is 0 Å². The van der Waals surface area contributed by atoms with E-state index in [1.165, 1.54) is 28.3 Å². The minimum Gasteiger partial charge on any atom is -0.298 e. The van der Waals surface area contributed by atoms with E-state index in [1.54, 1.807) is 17.4 Å². The van der Waals surface area contributed by atoms with Crippen LogP contribution < -0.4 is 5.32 Å². The third kappa shape index (κ3) is 3.61. The van der Waals surface area contributed by atoms with Crippen LogP contribution in [0.5, 0.6) is 0 Å². The van der Waals surface area contributed by atoms with Crippen molar-refractivity contribution in [2.75, 3.05) is 5.32 Å². The molecule has 1 aromatic carbocycles. The van der Waals surface area contributed by atoms with Crippen LogP contribution in [-0.2, 0) is 0 Å². The number of hydrogen-bond donors (Lipinski definition) is 1. The van der Waals surface area contributed by atoms with Gasteiger partial charge in [-0.2, -0.15) is 0 Å². The zero-order valence-electron chi connectivity index (χ0n) is 12.3. The van der Waals surface area contributed by atoms with Gasteiger partial charge in [-0.3, -0.25) is 10.1 Å². The molecule has 0 bridgehead atoms. The fourth-order valence-corrected chi connectivity index (χ4v) is 4.46. The zero-order chi connectivity index (χ0) is 16.6. The number of aromatic nitrogens is 1. The lowest BCUT2D eigenvalue weighted by atomic mass is 10.2. The van der Waals surface area contributed by atoms with E-state index >= 15 is 0 Å². The second-order valence-corrected chi connectivity index (χ2v) is 8.57. The van der Waals surface area contributed by atoms with Crippen LogP contribution in [0.4, 0.5) is 9.52 Å². The normalized spacial score (nSPS) is 10.8. The molecule has 0 aliphatic carbocycles. The molecular formula is C16H12FIN2OS2. The van der Waals surface area contributed by atoms with E-state index in [2.05, 4.69) is 10.3 Å². The molecule has 0 radical (unpaired) electrons. The van der Waals surface area contributed by atoms with Crippen LogP contribution in [0.15, 0.2) is 30.3 Å². The molecule has 0 unspecified atom stereocenters. The summed E-state index contributed by atoms with van der Waals surface area (Å²) >= 11 is 5.10. The molecule has 3 rings (SSSR count). The summed E-state index contributed by atoms with van der Waals surface area (Å²) in [6, 6.07) is 8.23. The Morgan fingerprint density at radius 2 is 2.00 bits per heavy atom. The summed E-state index contributed by atoms with van der Waals surface area (Å²) in [5.74, 6) is -0.780. The highest BCUT2D eigenvalue weighted by atomic mass is 127. The van der Waals surface area contributed by atoms with Gasteiger partial charge in [-0.15, -0.1) is 22.7 Å². The number of halogens is 2. The first-order chi connectivity index (χ1) is 10.9. The molecule has 23 heavy (non-hydrogen) atoms. The lowest BCUT2D eigenvalue weighted by Gasteiger charge is -2.04. The maximum Gasteiger partial charge on any atom is 0.258 e. The standard InChI is InChI=1S/C16H12FIN2OS2/c1-8-3-6-13(22-8)14-9(2)23-16(19-14)20-15(21)11-7-10(17)4-5-12(11)18/h3-7H,1-2H3,(H,19,20,21). The van der Waals surface area contributed by atoms with Gasteiger partial charge in [0.1, 0.15) is 5.82 Å². The van der Waals surface area contributed by atoms with Gasteiger partial charge in [0.15, 0.2) is 5.13 Å². The quantitative estimate of drug-likeness (QED) is 0.528. The first kappa shape index (κ1) is 16.5. The Balaban J connectivity index is 1.86. The Morgan fingerprint density at radius 3 is 2.70 bits per heavy atom. The third-order valence-electron chi connectivity index (χ3n) is 3.16. The van der Waals surface area contributed by atoms with E-state index in [-0.39, 0.29) is 5.91 Å². The summed E-state index contributed by atoms with van der Waals surface area (Å²) in [5, 5.41) is 3.29. The fraction of sp³-hybridized carbons (Fsp3) is 0.125. The zero-order valence-corrected chi connectivity index (χ0v) is 16.1. The Morgan fingerprint density at radius 1 is 1.22 bits per heavy atom. The summed E-state index contributed by atoms with van der Waals surface area (Å²) in [5.41, 5.74) is 1.20. The predicted molar refractivity (Wildman–Crippen MR) is 102 cm³/mol. The molecule has 0 aliphatic heterocycles. The summed E-state index contributed by atoms with van der Waals surface area (Å²) in [4.78, 5) is 20.2. The maximum absolute atomic E-state index is 13.3. The first-order valence-electron chi connectivity index (χ1n) is 6.74. The number of nitrogens with one attached hydrogen (secondary N) is 1. The van der Waals surface area contributed by atoms with E-state index < -0.39 is 5.82 Å². The van der Waals surface area contributed by atoms with Gasteiger partial charge in [-0.25, -0.2) is 9.37 Å². The lowest BCUT2D eigenvalue weighted by Crippen LogP contribution is -2.13. The second kappa shape index (κ2) is 6.66. The van der Waals surface area contributed by atoms with Crippen LogP contribution in [0.25, 0.3) is 10.6 Å². The van der Waals surface area contributed by atoms with E-state index in [0.717, 1.165) is 15.4 Å². The average Bonchev–Trinajstić information content (AvgIpc) is 3.07. The Hall–Kier alpha value is -1.32. The molecule has 0 spiro atoms. The second-order valence-electron chi connectivity index (χ2n) is 4.91. The minimum atomic E-state index is -0.430. The highest BCUT2D eigenvalue weighted by Gasteiger charge is 2.16. The van der Waals surface area contributed by atoms with Gasteiger partial charge in [-0.05, 0) is 66.8 Å². The van der Waals surface area contributed by atoms with E-state index in [9.17, 15) is 9.18 Å². The number of anilines is 1. The molecule has 0 aliphatic rings. The van der Waals surface area contributed by atoms with Gasteiger partial charge in [0.05, 0.1) is 16.1 Å². The smallest absolute Gasteiger partial charge is 0.258 e. The minimum absolute atomic E-state index is 0.312. The number of thiophene rings is 1. The van der Waals surface area contributed by atoms with Crippen molar-refractivity contribution in [2.24, 2.45) is 0 Å². The molecule has 0 saturated carbocycles. The number of amides is 1. The number of carbonyl (C=O) groups excluding carboxylic acids is 1. The van der Waals surface area contributed by atoms with Crippen molar-refractivity contribution < 1.29 is 9.18 Å². The molecular weight excluding hydrogens is 446 g/mol. The molecule has 1 N–H and O–H groups in total. The average molecular weight is 458 g/mol. The summed E-state index contributed by atoms with van der Waals surface area (Å²) < 4.78 is 14.0. The topological polar surface area (TPSA) is 42.0 Å². The fourth-order valence-electron chi connectivity index (χ4n) is 2.08. The third-order valence-corrected chi connectivity index (χ3v) is 6.00. The van der Waals surface area contributed by atoms with Crippen molar-refractivity contribution in [1.82, 2.24) is 4.98 Å². The number of rotatable bonds is 3. The van der Waals surface area contributed by atoms with Gasteiger partial charge in [0.2, 0.25) is 0 Å². The molecule has 0 fully saturated rings. The molecule has 3 aromatic rings. The summed E-state index contributed by atoms with van der Waals surface area (Å²) in [6.07, 6.45) is 0. The molecule has 0 saturated heterocycles. The monoisotopic (exact) mass is 458 g/mol. The largest absolute Gasteiger partial charge is 0.298 e. The number of thiazole rings is 1.